The minimum atomic E-state index is -0.291. The van der Waals surface area contributed by atoms with Gasteiger partial charge in [-0.25, -0.2) is 0 Å². The zero-order valence-corrected chi connectivity index (χ0v) is 12.3. The molecule has 2 rings (SSSR count). The number of nitrogens with zero attached hydrogens (tertiary/aromatic N) is 1. The molecule has 2 amide bonds. The van der Waals surface area contributed by atoms with E-state index >= 15 is 0 Å². The Balaban J connectivity index is 1.99. The first-order valence-electron chi connectivity index (χ1n) is 7.62. The van der Waals surface area contributed by atoms with Crippen molar-refractivity contribution in [1.82, 2.24) is 10.2 Å². The van der Waals surface area contributed by atoms with E-state index in [1.807, 2.05) is 13.8 Å². The van der Waals surface area contributed by atoms with Crippen molar-refractivity contribution in [3.63, 3.8) is 0 Å². The first-order chi connectivity index (χ1) is 9.00. The van der Waals surface area contributed by atoms with E-state index in [9.17, 15) is 9.59 Å². The number of rotatable bonds is 3. The SMILES string of the molecule is CC1CCCCCC1NC1CC(=O)N(C(C)C)C1=O. The fraction of sp³-hybridized carbons (Fsp3) is 0.867. The van der Waals surface area contributed by atoms with E-state index in [1.54, 1.807) is 0 Å². The summed E-state index contributed by atoms with van der Waals surface area (Å²) in [6, 6.07) is 0.0650. The fourth-order valence-corrected chi connectivity index (χ4v) is 3.32. The third-order valence-electron chi connectivity index (χ3n) is 4.48. The molecular formula is C15H26N2O2. The lowest BCUT2D eigenvalue weighted by Gasteiger charge is -2.26. The van der Waals surface area contributed by atoms with Gasteiger partial charge in [0.1, 0.15) is 0 Å². The second-order valence-corrected chi connectivity index (χ2v) is 6.34. The van der Waals surface area contributed by atoms with Crippen molar-refractivity contribution in [3.05, 3.63) is 0 Å². The number of hydrogen-bond acceptors (Lipinski definition) is 3. The predicted molar refractivity (Wildman–Crippen MR) is 74.6 cm³/mol. The molecule has 1 aliphatic heterocycles. The van der Waals surface area contributed by atoms with Crippen LogP contribution >= 0.6 is 0 Å². The Morgan fingerprint density at radius 2 is 1.84 bits per heavy atom. The molecule has 108 valence electrons. The third kappa shape index (κ3) is 3.16. The lowest BCUT2D eigenvalue weighted by atomic mass is 9.96. The van der Waals surface area contributed by atoms with Crippen molar-refractivity contribution in [2.24, 2.45) is 5.92 Å². The Morgan fingerprint density at radius 3 is 2.47 bits per heavy atom. The van der Waals surface area contributed by atoms with E-state index in [0.29, 0.717) is 18.4 Å². The van der Waals surface area contributed by atoms with Crippen molar-refractivity contribution in [2.75, 3.05) is 0 Å². The monoisotopic (exact) mass is 266 g/mol. The number of amides is 2. The molecule has 2 fully saturated rings. The second kappa shape index (κ2) is 6.04. The summed E-state index contributed by atoms with van der Waals surface area (Å²) < 4.78 is 0. The van der Waals surface area contributed by atoms with Gasteiger partial charge in [-0.15, -0.1) is 0 Å². The number of likely N-dealkylation sites (tertiary alicyclic amines) is 1. The molecule has 1 saturated heterocycles. The lowest BCUT2D eigenvalue weighted by molar-refractivity contribution is -0.140. The molecule has 0 aromatic carbocycles. The third-order valence-corrected chi connectivity index (χ3v) is 4.48. The van der Waals surface area contributed by atoms with Gasteiger partial charge in [-0.1, -0.05) is 26.2 Å². The lowest BCUT2D eigenvalue weighted by Crippen LogP contribution is -2.47. The highest BCUT2D eigenvalue weighted by atomic mass is 16.2. The van der Waals surface area contributed by atoms with Crippen LogP contribution in [0.15, 0.2) is 0 Å². The van der Waals surface area contributed by atoms with Gasteiger partial charge in [0.05, 0.1) is 12.5 Å². The molecule has 3 atom stereocenters. The molecule has 0 aromatic heterocycles. The highest BCUT2D eigenvalue weighted by Crippen LogP contribution is 2.25. The summed E-state index contributed by atoms with van der Waals surface area (Å²) in [7, 11) is 0. The van der Waals surface area contributed by atoms with Crippen molar-refractivity contribution in [1.29, 1.82) is 0 Å². The molecule has 0 aromatic rings. The Bertz CT molecular complexity index is 354. The molecule has 1 aliphatic carbocycles. The number of nitrogens with one attached hydrogen (secondary N) is 1. The molecule has 3 unspecified atom stereocenters. The first-order valence-corrected chi connectivity index (χ1v) is 7.62. The maximum absolute atomic E-state index is 12.3. The van der Waals surface area contributed by atoms with Crippen LogP contribution in [0.1, 0.15) is 59.3 Å². The van der Waals surface area contributed by atoms with E-state index in [2.05, 4.69) is 12.2 Å². The molecule has 1 heterocycles. The Morgan fingerprint density at radius 1 is 1.16 bits per heavy atom. The molecule has 0 spiro atoms. The first kappa shape index (κ1) is 14.5. The van der Waals surface area contributed by atoms with Crippen molar-refractivity contribution < 1.29 is 9.59 Å². The summed E-state index contributed by atoms with van der Waals surface area (Å²) >= 11 is 0. The summed E-state index contributed by atoms with van der Waals surface area (Å²) in [6.45, 7) is 6.04. The van der Waals surface area contributed by atoms with Gasteiger partial charge >= 0.3 is 0 Å². The minimum absolute atomic E-state index is 0.0289. The van der Waals surface area contributed by atoms with Crippen LogP contribution in [0.5, 0.6) is 0 Å². The summed E-state index contributed by atoms with van der Waals surface area (Å²) in [5, 5.41) is 3.46. The molecule has 0 bridgehead atoms. The van der Waals surface area contributed by atoms with Gasteiger partial charge in [0.25, 0.3) is 0 Å². The smallest absolute Gasteiger partial charge is 0.247 e. The van der Waals surface area contributed by atoms with Crippen LogP contribution in [0.4, 0.5) is 0 Å². The average molecular weight is 266 g/mol. The van der Waals surface area contributed by atoms with Crippen LogP contribution in [0, 0.1) is 5.92 Å². The van der Waals surface area contributed by atoms with E-state index in [-0.39, 0.29) is 23.9 Å². The molecule has 19 heavy (non-hydrogen) atoms. The molecule has 2 aliphatic rings. The molecule has 0 radical (unpaired) electrons. The number of carbonyl (C=O) groups is 2. The maximum atomic E-state index is 12.3. The number of imide groups is 1. The van der Waals surface area contributed by atoms with Gasteiger partial charge < -0.3 is 5.32 Å². The van der Waals surface area contributed by atoms with E-state index < -0.39 is 0 Å². The van der Waals surface area contributed by atoms with Crippen LogP contribution in [-0.2, 0) is 9.59 Å². The Hall–Kier alpha value is -0.900. The van der Waals surface area contributed by atoms with E-state index in [1.165, 1.54) is 30.6 Å². The molecule has 4 nitrogen and oxygen atoms in total. The Kier molecular flexibility index (Phi) is 4.61. The van der Waals surface area contributed by atoms with Gasteiger partial charge in [-0.2, -0.15) is 0 Å². The van der Waals surface area contributed by atoms with Gasteiger partial charge in [-0.05, 0) is 32.6 Å². The standard InChI is InChI=1S/C15H26N2O2/c1-10(2)17-14(18)9-13(15(17)19)16-12-8-6-4-5-7-11(12)3/h10-13,16H,4-9H2,1-3H3. The normalized spacial score (nSPS) is 33.1. The van der Waals surface area contributed by atoms with E-state index in [0.717, 1.165) is 6.42 Å². The summed E-state index contributed by atoms with van der Waals surface area (Å²) in [4.78, 5) is 25.6. The minimum Gasteiger partial charge on any atom is -0.302 e. The molecule has 1 saturated carbocycles. The van der Waals surface area contributed by atoms with Crippen LogP contribution in [0.2, 0.25) is 0 Å². The maximum Gasteiger partial charge on any atom is 0.247 e. The molecular weight excluding hydrogens is 240 g/mol. The average Bonchev–Trinajstić information content (AvgIpc) is 2.48. The second-order valence-electron chi connectivity index (χ2n) is 6.34. The van der Waals surface area contributed by atoms with Crippen molar-refractivity contribution >= 4 is 11.8 Å². The molecule has 1 N–H and O–H groups in total. The summed E-state index contributed by atoms with van der Waals surface area (Å²) in [6.07, 6.45) is 6.49. The zero-order chi connectivity index (χ0) is 14.0. The fourth-order valence-electron chi connectivity index (χ4n) is 3.32. The largest absolute Gasteiger partial charge is 0.302 e. The van der Waals surface area contributed by atoms with Crippen LogP contribution in [-0.4, -0.2) is 34.8 Å². The van der Waals surface area contributed by atoms with Gasteiger partial charge in [0.15, 0.2) is 0 Å². The van der Waals surface area contributed by atoms with Crippen LogP contribution < -0.4 is 5.32 Å². The zero-order valence-electron chi connectivity index (χ0n) is 12.3. The van der Waals surface area contributed by atoms with Gasteiger partial charge in [0.2, 0.25) is 11.8 Å². The number of carbonyl (C=O) groups excluding carboxylic acids is 2. The quantitative estimate of drug-likeness (QED) is 0.628. The molecule has 4 heteroatoms. The van der Waals surface area contributed by atoms with Gasteiger partial charge in [-0.3, -0.25) is 14.5 Å². The highest BCUT2D eigenvalue weighted by molar-refractivity contribution is 6.05. The summed E-state index contributed by atoms with van der Waals surface area (Å²) in [5.74, 6) is 0.536. The van der Waals surface area contributed by atoms with Crippen LogP contribution in [0.3, 0.4) is 0 Å². The highest BCUT2D eigenvalue weighted by Gasteiger charge is 2.41. The van der Waals surface area contributed by atoms with Crippen molar-refractivity contribution in [3.8, 4) is 0 Å². The number of hydrogen-bond donors (Lipinski definition) is 1. The summed E-state index contributed by atoms with van der Waals surface area (Å²) in [5.41, 5.74) is 0. The van der Waals surface area contributed by atoms with Gasteiger partial charge in [0, 0.05) is 12.1 Å². The van der Waals surface area contributed by atoms with Crippen LogP contribution in [0.25, 0.3) is 0 Å². The predicted octanol–water partition coefficient (Wildman–Crippen LogP) is 2.08. The topological polar surface area (TPSA) is 49.4 Å². The van der Waals surface area contributed by atoms with Crippen molar-refractivity contribution in [2.45, 2.75) is 77.4 Å². The Labute approximate surface area is 115 Å². The van der Waals surface area contributed by atoms with E-state index in [4.69, 9.17) is 0 Å².